The van der Waals surface area contributed by atoms with E-state index in [2.05, 4.69) is 0 Å². The lowest BCUT2D eigenvalue weighted by molar-refractivity contribution is 0.128. The molecule has 0 saturated carbocycles. The van der Waals surface area contributed by atoms with Crippen LogP contribution in [0.4, 0.5) is 5.69 Å². The lowest BCUT2D eigenvalue weighted by Gasteiger charge is -2.11. The van der Waals surface area contributed by atoms with Crippen LogP contribution in [0, 0.1) is 0 Å². The van der Waals surface area contributed by atoms with Crippen LogP contribution in [0.15, 0.2) is 18.2 Å². The van der Waals surface area contributed by atoms with E-state index in [1.165, 1.54) is 0 Å². The molecule has 2 rings (SSSR count). The molecule has 0 aromatic heterocycles. The lowest BCUT2D eigenvalue weighted by Crippen LogP contribution is -2.17. The minimum absolute atomic E-state index is 0.138. The molecule has 1 saturated heterocycles. The molecule has 0 bridgehead atoms. The maximum atomic E-state index is 12.0. The van der Waals surface area contributed by atoms with E-state index >= 15 is 0 Å². The highest BCUT2D eigenvalue weighted by Gasteiger charge is 2.19. The molecule has 1 aromatic rings. The van der Waals surface area contributed by atoms with Crippen LogP contribution in [-0.4, -0.2) is 22.7 Å². The Morgan fingerprint density at radius 2 is 2.35 bits per heavy atom. The Kier molecular flexibility index (Phi) is 4.42. The maximum Gasteiger partial charge on any atom is 0.0691 e. The Balaban J connectivity index is 1.97. The molecular formula is C12H16ClNO2S. The lowest BCUT2D eigenvalue weighted by atomic mass is 10.2. The molecule has 1 fully saturated rings. The highest BCUT2D eigenvalue weighted by Crippen LogP contribution is 2.24. The van der Waals surface area contributed by atoms with E-state index in [0.29, 0.717) is 22.2 Å². The van der Waals surface area contributed by atoms with Gasteiger partial charge in [0.2, 0.25) is 0 Å². The van der Waals surface area contributed by atoms with E-state index in [4.69, 9.17) is 22.1 Å². The Bertz CT molecular complexity index is 399. The van der Waals surface area contributed by atoms with Crippen molar-refractivity contribution in [1.82, 2.24) is 0 Å². The van der Waals surface area contributed by atoms with Crippen molar-refractivity contribution in [2.75, 3.05) is 18.1 Å². The normalized spacial score (nSPS) is 21.6. The molecule has 1 heterocycles. The second-order valence-corrected chi connectivity index (χ2v) is 6.10. The molecule has 2 N–H and O–H groups in total. The molecule has 5 heteroatoms. The number of nitrogens with two attached hydrogens (primary N) is 1. The third-order valence-corrected chi connectivity index (χ3v) is 4.56. The first-order chi connectivity index (χ1) is 8.16. The largest absolute Gasteiger partial charge is 0.398 e. The smallest absolute Gasteiger partial charge is 0.0691 e. The van der Waals surface area contributed by atoms with Gasteiger partial charge in [-0.25, -0.2) is 0 Å². The molecule has 1 aromatic carbocycles. The molecule has 1 aliphatic heterocycles. The monoisotopic (exact) mass is 273 g/mol. The summed E-state index contributed by atoms with van der Waals surface area (Å²) in [5.41, 5.74) is 7.22. The molecule has 3 nitrogen and oxygen atoms in total. The quantitative estimate of drug-likeness (QED) is 0.857. The van der Waals surface area contributed by atoms with Gasteiger partial charge in [0.25, 0.3) is 0 Å². The first kappa shape index (κ1) is 12.9. The zero-order valence-electron chi connectivity index (χ0n) is 9.52. The van der Waals surface area contributed by atoms with Crippen molar-refractivity contribution in [3.63, 3.8) is 0 Å². The summed E-state index contributed by atoms with van der Waals surface area (Å²) in [6, 6.07) is 5.35. The third kappa shape index (κ3) is 3.44. The van der Waals surface area contributed by atoms with E-state index in [0.717, 1.165) is 25.0 Å². The number of ether oxygens (including phenoxy) is 1. The fourth-order valence-corrected chi connectivity index (χ4v) is 3.70. The zero-order chi connectivity index (χ0) is 12.3. The van der Waals surface area contributed by atoms with Gasteiger partial charge in [-0.1, -0.05) is 17.7 Å². The summed E-state index contributed by atoms with van der Waals surface area (Å²) in [6.07, 6.45) is 2.21. The van der Waals surface area contributed by atoms with Crippen molar-refractivity contribution < 1.29 is 8.95 Å². The van der Waals surface area contributed by atoms with Crippen molar-refractivity contribution >= 4 is 28.1 Å². The van der Waals surface area contributed by atoms with Gasteiger partial charge < -0.3 is 10.5 Å². The topological polar surface area (TPSA) is 52.3 Å². The zero-order valence-corrected chi connectivity index (χ0v) is 11.1. The van der Waals surface area contributed by atoms with Gasteiger partial charge in [-0.05, 0) is 25.0 Å². The maximum absolute atomic E-state index is 12.0. The van der Waals surface area contributed by atoms with Gasteiger partial charge in [-0.15, -0.1) is 0 Å². The van der Waals surface area contributed by atoms with E-state index in [1.54, 1.807) is 18.2 Å². The second-order valence-electron chi connectivity index (χ2n) is 4.19. The summed E-state index contributed by atoms with van der Waals surface area (Å²) in [5.74, 6) is 0.982. The Labute approximate surface area is 109 Å². The summed E-state index contributed by atoms with van der Waals surface area (Å²) >= 11 is 6.04. The summed E-state index contributed by atoms with van der Waals surface area (Å²) in [6.45, 7) is 0.788. The predicted molar refractivity (Wildman–Crippen MR) is 71.6 cm³/mol. The first-order valence-electron chi connectivity index (χ1n) is 5.66. The van der Waals surface area contributed by atoms with Crippen molar-refractivity contribution in [3.8, 4) is 0 Å². The van der Waals surface area contributed by atoms with Gasteiger partial charge in [0, 0.05) is 33.7 Å². The number of halogens is 1. The number of hydrogen-bond donors (Lipinski definition) is 1. The van der Waals surface area contributed by atoms with Gasteiger partial charge >= 0.3 is 0 Å². The average molecular weight is 274 g/mol. The van der Waals surface area contributed by atoms with Gasteiger partial charge in [0.1, 0.15) is 0 Å². The van der Waals surface area contributed by atoms with Crippen molar-refractivity contribution in [2.24, 2.45) is 0 Å². The Morgan fingerprint density at radius 1 is 1.53 bits per heavy atom. The van der Waals surface area contributed by atoms with Crippen LogP contribution in [0.3, 0.4) is 0 Å². The van der Waals surface area contributed by atoms with Crippen molar-refractivity contribution in [1.29, 1.82) is 0 Å². The molecule has 0 radical (unpaired) electrons. The molecule has 1 aliphatic rings. The fourth-order valence-electron chi connectivity index (χ4n) is 1.93. The average Bonchev–Trinajstić information content (AvgIpc) is 2.76. The van der Waals surface area contributed by atoms with Crippen LogP contribution < -0.4 is 5.73 Å². The van der Waals surface area contributed by atoms with Gasteiger partial charge in [0.15, 0.2) is 0 Å². The van der Waals surface area contributed by atoms with Crippen molar-refractivity contribution in [3.05, 3.63) is 28.8 Å². The van der Waals surface area contributed by atoms with Gasteiger partial charge in [-0.2, -0.15) is 0 Å². The summed E-state index contributed by atoms with van der Waals surface area (Å²) in [7, 11) is -0.971. The number of nitrogen functional groups attached to an aromatic ring is 1. The van der Waals surface area contributed by atoms with Crippen LogP contribution in [0.25, 0.3) is 0 Å². The second kappa shape index (κ2) is 5.85. The highest BCUT2D eigenvalue weighted by molar-refractivity contribution is 7.84. The Morgan fingerprint density at radius 3 is 3.00 bits per heavy atom. The van der Waals surface area contributed by atoms with Crippen LogP contribution in [0.5, 0.6) is 0 Å². The first-order valence-corrected chi connectivity index (χ1v) is 7.53. The molecule has 0 amide bonds. The number of rotatable bonds is 4. The number of anilines is 1. The van der Waals surface area contributed by atoms with Crippen LogP contribution in [0.1, 0.15) is 18.4 Å². The molecule has 0 spiro atoms. The van der Waals surface area contributed by atoms with E-state index in [1.807, 2.05) is 0 Å². The molecule has 0 aliphatic carbocycles. The Hall–Kier alpha value is -0.580. The van der Waals surface area contributed by atoms with Crippen LogP contribution in [0.2, 0.25) is 5.02 Å². The van der Waals surface area contributed by atoms with E-state index in [-0.39, 0.29) is 6.10 Å². The SMILES string of the molecule is Nc1cccc(Cl)c1CS(=O)CC1CCCO1. The summed E-state index contributed by atoms with van der Waals surface area (Å²) in [5, 5.41) is 0.589. The minimum Gasteiger partial charge on any atom is -0.398 e. The molecule has 2 unspecified atom stereocenters. The van der Waals surface area contributed by atoms with E-state index in [9.17, 15) is 4.21 Å². The molecular weight excluding hydrogens is 258 g/mol. The third-order valence-electron chi connectivity index (χ3n) is 2.86. The van der Waals surface area contributed by atoms with Gasteiger partial charge in [-0.3, -0.25) is 4.21 Å². The fraction of sp³-hybridized carbons (Fsp3) is 0.500. The van der Waals surface area contributed by atoms with Crippen LogP contribution >= 0.6 is 11.6 Å². The van der Waals surface area contributed by atoms with E-state index < -0.39 is 10.8 Å². The predicted octanol–water partition coefficient (Wildman–Crippen LogP) is 2.35. The minimum atomic E-state index is -0.971. The standard InChI is InChI=1S/C12H16ClNO2S/c13-11-4-1-5-12(14)10(11)8-17(15)7-9-3-2-6-16-9/h1,4-5,9H,2-3,6-8,14H2. The van der Waals surface area contributed by atoms with Crippen LogP contribution in [-0.2, 0) is 21.3 Å². The summed E-state index contributed by atoms with van der Waals surface area (Å²) < 4.78 is 17.5. The molecule has 2 atom stereocenters. The molecule has 17 heavy (non-hydrogen) atoms. The van der Waals surface area contributed by atoms with Crippen molar-refractivity contribution in [2.45, 2.75) is 24.7 Å². The highest BCUT2D eigenvalue weighted by atomic mass is 35.5. The van der Waals surface area contributed by atoms with Gasteiger partial charge in [0.05, 0.1) is 17.6 Å². The summed E-state index contributed by atoms with van der Waals surface area (Å²) in [4.78, 5) is 0. The number of benzene rings is 1. The number of hydrogen-bond acceptors (Lipinski definition) is 3. The molecule has 94 valence electrons.